The third-order valence-electron chi connectivity index (χ3n) is 4.50. The van der Waals surface area contributed by atoms with Gasteiger partial charge in [0, 0.05) is 31.7 Å². The Kier molecular flexibility index (Phi) is 4.47. The van der Waals surface area contributed by atoms with Crippen molar-refractivity contribution in [3.63, 3.8) is 0 Å². The zero-order valence-corrected chi connectivity index (χ0v) is 15.2. The summed E-state index contributed by atoms with van der Waals surface area (Å²) < 4.78 is 31.4. The van der Waals surface area contributed by atoms with Crippen molar-refractivity contribution in [1.82, 2.24) is 19.9 Å². The lowest BCUT2D eigenvalue weighted by molar-refractivity contribution is 0.0564. The number of benzene rings is 1. The smallest absolute Gasteiger partial charge is 0.175 e. The minimum absolute atomic E-state index is 0.101. The van der Waals surface area contributed by atoms with Crippen LogP contribution in [0.25, 0.3) is 11.0 Å². The number of hydrogen-bond donors (Lipinski definition) is 1. The largest absolute Gasteiger partial charge is 0.371 e. The normalized spacial score (nSPS) is 17.3. The molecular formula is C18H20N4O3S. The van der Waals surface area contributed by atoms with Gasteiger partial charge in [0.1, 0.15) is 12.4 Å². The molecule has 0 saturated carbocycles. The van der Waals surface area contributed by atoms with Gasteiger partial charge >= 0.3 is 0 Å². The molecule has 0 spiro atoms. The lowest BCUT2D eigenvalue weighted by Crippen LogP contribution is -2.32. The Morgan fingerprint density at radius 2 is 2.23 bits per heavy atom. The van der Waals surface area contributed by atoms with Crippen LogP contribution in [0.4, 0.5) is 0 Å². The highest BCUT2D eigenvalue weighted by atomic mass is 32.2. The Morgan fingerprint density at radius 3 is 3.00 bits per heavy atom. The summed E-state index contributed by atoms with van der Waals surface area (Å²) in [5.74, 6) is 0.824. The number of ether oxygens (including phenoxy) is 1. The monoisotopic (exact) mass is 372 g/mol. The number of nitrogens with one attached hydrogen (secondary N) is 1. The van der Waals surface area contributed by atoms with Crippen molar-refractivity contribution in [3.05, 3.63) is 54.1 Å². The molecule has 7 nitrogen and oxygen atoms in total. The summed E-state index contributed by atoms with van der Waals surface area (Å²) in [5.41, 5.74) is 2.74. The van der Waals surface area contributed by atoms with E-state index in [0.717, 1.165) is 30.0 Å². The van der Waals surface area contributed by atoms with Gasteiger partial charge in [-0.05, 0) is 29.8 Å². The van der Waals surface area contributed by atoms with Crippen LogP contribution in [-0.4, -0.2) is 42.4 Å². The molecule has 136 valence electrons. The predicted molar refractivity (Wildman–Crippen MR) is 97.5 cm³/mol. The van der Waals surface area contributed by atoms with E-state index in [0.29, 0.717) is 18.7 Å². The molecule has 1 N–H and O–H groups in total. The van der Waals surface area contributed by atoms with Gasteiger partial charge in [-0.25, -0.2) is 13.4 Å². The highest BCUT2D eigenvalue weighted by Crippen LogP contribution is 2.27. The number of hydrogen-bond acceptors (Lipinski definition) is 6. The Labute approximate surface area is 152 Å². The SMILES string of the molecule is CS(=O)(=O)c1ccc2c(c1)nc1n2C(CNCc2cccnc2)COC1. The minimum atomic E-state index is -3.25. The molecule has 8 heteroatoms. The molecule has 0 fully saturated rings. The second-order valence-electron chi connectivity index (χ2n) is 6.48. The Hall–Kier alpha value is -2.29. The second kappa shape index (κ2) is 6.79. The molecule has 0 aliphatic carbocycles. The molecule has 1 aromatic carbocycles. The van der Waals surface area contributed by atoms with Gasteiger partial charge in [0.05, 0.1) is 28.6 Å². The van der Waals surface area contributed by atoms with Crippen LogP contribution in [0.1, 0.15) is 17.4 Å². The minimum Gasteiger partial charge on any atom is -0.371 e. The molecule has 0 amide bonds. The Balaban J connectivity index is 1.58. The summed E-state index contributed by atoms with van der Waals surface area (Å²) in [6, 6.07) is 9.16. The number of rotatable bonds is 5. The summed E-state index contributed by atoms with van der Waals surface area (Å²) >= 11 is 0. The lowest BCUT2D eigenvalue weighted by Gasteiger charge is -2.26. The van der Waals surface area contributed by atoms with Crippen molar-refractivity contribution in [1.29, 1.82) is 0 Å². The van der Waals surface area contributed by atoms with Gasteiger partial charge in [0.2, 0.25) is 0 Å². The zero-order chi connectivity index (χ0) is 18.1. The third-order valence-corrected chi connectivity index (χ3v) is 5.61. The van der Waals surface area contributed by atoms with Crippen molar-refractivity contribution in [2.75, 3.05) is 19.4 Å². The number of fused-ring (bicyclic) bond motifs is 3. The van der Waals surface area contributed by atoms with Gasteiger partial charge in [-0.15, -0.1) is 0 Å². The summed E-state index contributed by atoms with van der Waals surface area (Å²) in [7, 11) is -3.25. The van der Waals surface area contributed by atoms with E-state index in [1.54, 1.807) is 18.3 Å². The molecule has 1 unspecified atom stereocenters. The maximum absolute atomic E-state index is 11.8. The molecule has 26 heavy (non-hydrogen) atoms. The third kappa shape index (κ3) is 3.35. The van der Waals surface area contributed by atoms with Crippen LogP contribution >= 0.6 is 0 Å². The number of pyridine rings is 1. The van der Waals surface area contributed by atoms with Gasteiger partial charge in [-0.3, -0.25) is 4.98 Å². The van der Waals surface area contributed by atoms with Crippen molar-refractivity contribution < 1.29 is 13.2 Å². The number of nitrogens with zero attached hydrogens (tertiary/aromatic N) is 3. The van der Waals surface area contributed by atoms with Gasteiger partial charge in [0.15, 0.2) is 9.84 Å². The molecule has 2 aromatic heterocycles. The number of sulfone groups is 1. The molecule has 3 aromatic rings. The first-order valence-corrected chi connectivity index (χ1v) is 10.3. The first kappa shape index (κ1) is 17.1. The fourth-order valence-electron chi connectivity index (χ4n) is 3.27. The molecule has 1 atom stereocenters. The molecule has 4 rings (SSSR count). The number of aromatic nitrogens is 3. The van der Waals surface area contributed by atoms with Crippen molar-refractivity contribution in [2.45, 2.75) is 24.1 Å². The van der Waals surface area contributed by atoms with E-state index in [9.17, 15) is 8.42 Å². The molecule has 1 aliphatic rings. The van der Waals surface area contributed by atoms with E-state index in [1.807, 2.05) is 24.4 Å². The topological polar surface area (TPSA) is 86.1 Å². The standard InChI is InChI=1S/C18H20N4O3S/c1-26(23,24)15-4-5-17-16(7-15)21-18-12-25-11-14(22(17)18)10-20-9-13-3-2-6-19-8-13/h2-8,14,20H,9-12H2,1H3. The van der Waals surface area contributed by atoms with E-state index in [4.69, 9.17) is 4.74 Å². The second-order valence-corrected chi connectivity index (χ2v) is 8.50. The van der Waals surface area contributed by atoms with Gasteiger partial charge in [-0.1, -0.05) is 6.07 Å². The van der Waals surface area contributed by atoms with Gasteiger partial charge < -0.3 is 14.6 Å². The summed E-state index contributed by atoms with van der Waals surface area (Å²) in [5, 5.41) is 3.44. The van der Waals surface area contributed by atoms with Crippen LogP contribution in [0, 0.1) is 0 Å². The fraction of sp³-hybridized carbons (Fsp3) is 0.333. The van der Waals surface area contributed by atoms with Crippen LogP contribution in [0.3, 0.4) is 0 Å². The van der Waals surface area contributed by atoms with Crippen LogP contribution in [0.15, 0.2) is 47.6 Å². The van der Waals surface area contributed by atoms with E-state index < -0.39 is 9.84 Å². The Morgan fingerprint density at radius 1 is 1.35 bits per heavy atom. The van der Waals surface area contributed by atoms with Crippen LogP contribution in [-0.2, 0) is 27.7 Å². The molecule has 3 heterocycles. The van der Waals surface area contributed by atoms with Crippen molar-refractivity contribution >= 4 is 20.9 Å². The molecule has 0 saturated heterocycles. The average molecular weight is 372 g/mol. The highest BCUT2D eigenvalue weighted by molar-refractivity contribution is 7.90. The summed E-state index contributed by atoms with van der Waals surface area (Å²) in [6.45, 7) is 2.47. The summed E-state index contributed by atoms with van der Waals surface area (Å²) in [4.78, 5) is 8.98. The van der Waals surface area contributed by atoms with Gasteiger partial charge in [0.25, 0.3) is 0 Å². The zero-order valence-electron chi connectivity index (χ0n) is 14.4. The quantitative estimate of drug-likeness (QED) is 0.734. The lowest BCUT2D eigenvalue weighted by atomic mass is 10.2. The molecular weight excluding hydrogens is 352 g/mol. The maximum Gasteiger partial charge on any atom is 0.175 e. The molecule has 1 aliphatic heterocycles. The summed E-state index contributed by atoms with van der Waals surface area (Å²) in [6.07, 6.45) is 4.81. The highest BCUT2D eigenvalue weighted by Gasteiger charge is 2.24. The van der Waals surface area contributed by atoms with Crippen LogP contribution < -0.4 is 5.32 Å². The first-order chi connectivity index (χ1) is 12.5. The van der Waals surface area contributed by atoms with E-state index in [2.05, 4.69) is 19.9 Å². The van der Waals surface area contributed by atoms with Crippen molar-refractivity contribution in [2.24, 2.45) is 0 Å². The van der Waals surface area contributed by atoms with E-state index >= 15 is 0 Å². The van der Waals surface area contributed by atoms with E-state index in [1.165, 1.54) is 6.26 Å². The Bertz CT molecular complexity index is 1030. The number of imidazole rings is 1. The fourth-order valence-corrected chi connectivity index (χ4v) is 3.91. The maximum atomic E-state index is 11.8. The van der Waals surface area contributed by atoms with Crippen molar-refractivity contribution in [3.8, 4) is 0 Å². The van der Waals surface area contributed by atoms with E-state index in [-0.39, 0.29) is 10.9 Å². The first-order valence-electron chi connectivity index (χ1n) is 8.40. The molecule has 0 radical (unpaired) electrons. The predicted octanol–water partition coefficient (Wildman–Crippen LogP) is 1.70. The average Bonchev–Trinajstić information content (AvgIpc) is 3.00. The molecule has 0 bridgehead atoms. The van der Waals surface area contributed by atoms with Crippen LogP contribution in [0.5, 0.6) is 0 Å². The van der Waals surface area contributed by atoms with Crippen LogP contribution in [0.2, 0.25) is 0 Å². The van der Waals surface area contributed by atoms with Gasteiger partial charge in [-0.2, -0.15) is 0 Å².